The van der Waals surface area contributed by atoms with Crippen molar-refractivity contribution in [2.75, 3.05) is 19.7 Å². The summed E-state index contributed by atoms with van der Waals surface area (Å²) in [6, 6.07) is 7.92. The highest BCUT2D eigenvalue weighted by atomic mass is 16.4. The molecule has 0 aliphatic carbocycles. The van der Waals surface area contributed by atoms with Crippen LogP contribution in [0.4, 0.5) is 4.79 Å². The summed E-state index contributed by atoms with van der Waals surface area (Å²) in [6.45, 7) is 1.41. The molecule has 0 saturated heterocycles. The van der Waals surface area contributed by atoms with Gasteiger partial charge in [0.2, 0.25) is 0 Å². The summed E-state index contributed by atoms with van der Waals surface area (Å²) in [5.74, 6) is 0.625. The molecule has 7 nitrogen and oxygen atoms in total. The fraction of sp³-hybridized carbons (Fsp3) is 0.312. The number of aliphatic hydroxyl groups excluding tert-OH is 1. The van der Waals surface area contributed by atoms with Crippen molar-refractivity contribution < 1.29 is 15.0 Å². The van der Waals surface area contributed by atoms with Crippen LogP contribution in [-0.2, 0) is 6.54 Å². The van der Waals surface area contributed by atoms with Crippen LogP contribution in [0.3, 0.4) is 0 Å². The first kappa shape index (κ1) is 15.2. The summed E-state index contributed by atoms with van der Waals surface area (Å²) < 4.78 is 1.60. The molecule has 2 aromatic rings. The Morgan fingerprint density at radius 2 is 1.96 bits per heavy atom. The van der Waals surface area contributed by atoms with E-state index in [1.807, 2.05) is 30.3 Å². The maximum Gasteiger partial charge on any atom is 0.407 e. The molecule has 0 atom stereocenters. The Labute approximate surface area is 133 Å². The highest BCUT2D eigenvalue weighted by Gasteiger charge is 2.16. The van der Waals surface area contributed by atoms with Crippen LogP contribution in [0, 0.1) is 0 Å². The zero-order chi connectivity index (χ0) is 16.2. The molecule has 7 heteroatoms. The van der Waals surface area contributed by atoms with Crippen molar-refractivity contribution in [3.05, 3.63) is 42.2 Å². The Balaban J connectivity index is 1.73. The predicted molar refractivity (Wildman–Crippen MR) is 84.7 cm³/mol. The number of rotatable bonds is 4. The molecule has 0 radical (unpaired) electrons. The normalized spacial score (nSPS) is 14.7. The molecule has 1 aromatic carbocycles. The zero-order valence-corrected chi connectivity index (χ0v) is 12.6. The van der Waals surface area contributed by atoms with Gasteiger partial charge in [-0.25, -0.2) is 9.78 Å². The molecule has 1 aliphatic rings. The number of carbonyl (C=O) groups is 1. The Morgan fingerprint density at radius 3 is 2.57 bits per heavy atom. The molecular weight excluding hydrogens is 296 g/mol. The second-order valence-corrected chi connectivity index (χ2v) is 5.34. The number of nitrogens with zero attached hydrogens (tertiary/aromatic N) is 4. The number of hydrogen-bond acceptors (Lipinski definition) is 4. The van der Waals surface area contributed by atoms with Gasteiger partial charge in [-0.2, -0.15) is 5.10 Å². The van der Waals surface area contributed by atoms with Gasteiger partial charge in [-0.05, 0) is 17.6 Å². The van der Waals surface area contributed by atoms with Gasteiger partial charge in [-0.3, -0.25) is 4.68 Å². The summed E-state index contributed by atoms with van der Waals surface area (Å²) in [6.07, 6.45) is 3.40. The molecule has 0 bridgehead atoms. The molecule has 3 rings (SSSR count). The van der Waals surface area contributed by atoms with Crippen molar-refractivity contribution in [2.45, 2.75) is 13.0 Å². The lowest BCUT2D eigenvalue weighted by atomic mass is 9.98. The molecule has 0 unspecified atom stereocenters. The molecule has 0 fully saturated rings. The second kappa shape index (κ2) is 6.62. The fourth-order valence-corrected chi connectivity index (χ4v) is 2.58. The molecule has 1 aliphatic heterocycles. The van der Waals surface area contributed by atoms with E-state index in [2.05, 4.69) is 10.1 Å². The average Bonchev–Trinajstić information content (AvgIpc) is 3.04. The van der Waals surface area contributed by atoms with E-state index in [4.69, 9.17) is 10.2 Å². The van der Waals surface area contributed by atoms with Crippen LogP contribution >= 0.6 is 0 Å². The van der Waals surface area contributed by atoms with Crippen molar-refractivity contribution in [1.82, 2.24) is 19.7 Å². The van der Waals surface area contributed by atoms with E-state index < -0.39 is 6.09 Å². The average molecular weight is 314 g/mol. The van der Waals surface area contributed by atoms with Crippen molar-refractivity contribution in [3.8, 4) is 11.4 Å². The van der Waals surface area contributed by atoms with Crippen LogP contribution in [0.5, 0.6) is 0 Å². The summed E-state index contributed by atoms with van der Waals surface area (Å²) in [7, 11) is 0. The van der Waals surface area contributed by atoms with Crippen molar-refractivity contribution in [3.63, 3.8) is 0 Å². The Hall–Kier alpha value is -2.67. The van der Waals surface area contributed by atoms with Gasteiger partial charge in [0.05, 0.1) is 13.2 Å². The highest BCUT2D eigenvalue weighted by Crippen LogP contribution is 2.24. The van der Waals surface area contributed by atoms with E-state index in [9.17, 15) is 4.79 Å². The molecule has 23 heavy (non-hydrogen) atoms. The van der Waals surface area contributed by atoms with Crippen LogP contribution in [0.15, 0.2) is 36.7 Å². The van der Waals surface area contributed by atoms with Gasteiger partial charge < -0.3 is 15.1 Å². The van der Waals surface area contributed by atoms with Gasteiger partial charge in [0.15, 0.2) is 5.82 Å². The van der Waals surface area contributed by atoms with E-state index in [1.54, 1.807) is 11.0 Å². The standard InChI is InChI=1S/C16H18N4O3/c21-10-9-20-11-17-15(18-20)14-3-1-12(2-4-14)13-5-7-19(8-6-13)16(22)23/h1-5,11,21H,6-10H2,(H,22,23). The minimum absolute atomic E-state index is 0.0310. The van der Waals surface area contributed by atoms with E-state index in [1.165, 1.54) is 4.90 Å². The lowest BCUT2D eigenvalue weighted by molar-refractivity contribution is 0.150. The number of aromatic nitrogens is 3. The molecule has 0 spiro atoms. The Morgan fingerprint density at radius 1 is 1.22 bits per heavy atom. The minimum Gasteiger partial charge on any atom is -0.465 e. The van der Waals surface area contributed by atoms with Crippen molar-refractivity contribution in [1.29, 1.82) is 0 Å². The smallest absolute Gasteiger partial charge is 0.407 e. The van der Waals surface area contributed by atoms with Crippen LogP contribution in [-0.4, -0.2) is 55.7 Å². The van der Waals surface area contributed by atoms with Crippen LogP contribution in [0.25, 0.3) is 17.0 Å². The maximum absolute atomic E-state index is 10.9. The molecule has 2 N–H and O–H groups in total. The van der Waals surface area contributed by atoms with Gasteiger partial charge in [0.25, 0.3) is 0 Å². The largest absolute Gasteiger partial charge is 0.465 e. The van der Waals surface area contributed by atoms with Gasteiger partial charge in [-0.15, -0.1) is 0 Å². The summed E-state index contributed by atoms with van der Waals surface area (Å²) in [5.41, 5.74) is 3.16. The van der Waals surface area contributed by atoms with Gasteiger partial charge in [-0.1, -0.05) is 30.3 Å². The van der Waals surface area contributed by atoms with Crippen molar-refractivity contribution in [2.24, 2.45) is 0 Å². The molecule has 120 valence electrons. The third-order valence-electron chi connectivity index (χ3n) is 3.86. The molecular formula is C16H18N4O3. The molecule has 0 saturated carbocycles. The number of hydrogen-bond donors (Lipinski definition) is 2. The first-order valence-corrected chi connectivity index (χ1v) is 7.45. The monoisotopic (exact) mass is 314 g/mol. The van der Waals surface area contributed by atoms with Crippen LogP contribution in [0.2, 0.25) is 0 Å². The van der Waals surface area contributed by atoms with E-state index in [0.717, 1.165) is 23.1 Å². The Kier molecular flexibility index (Phi) is 4.38. The first-order valence-electron chi connectivity index (χ1n) is 7.45. The molecule has 1 aromatic heterocycles. The SMILES string of the molecule is O=C(O)N1CC=C(c2ccc(-c3ncn(CCO)n3)cc2)CC1. The summed E-state index contributed by atoms with van der Waals surface area (Å²) >= 11 is 0. The topological polar surface area (TPSA) is 91.5 Å². The zero-order valence-electron chi connectivity index (χ0n) is 12.6. The lowest BCUT2D eigenvalue weighted by Crippen LogP contribution is -2.33. The third-order valence-corrected chi connectivity index (χ3v) is 3.86. The number of benzene rings is 1. The van der Waals surface area contributed by atoms with Gasteiger partial charge in [0, 0.05) is 18.7 Å². The Bertz CT molecular complexity index is 721. The second-order valence-electron chi connectivity index (χ2n) is 5.34. The van der Waals surface area contributed by atoms with E-state index in [0.29, 0.717) is 25.5 Å². The summed E-state index contributed by atoms with van der Waals surface area (Å²) in [4.78, 5) is 16.5. The fourth-order valence-electron chi connectivity index (χ4n) is 2.58. The molecule has 1 amide bonds. The molecule has 2 heterocycles. The predicted octanol–water partition coefficient (Wildman–Crippen LogP) is 1.70. The van der Waals surface area contributed by atoms with Crippen LogP contribution < -0.4 is 0 Å². The van der Waals surface area contributed by atoms with Gasteiger partial charge in [0.1, 0.15) is 6.33 Å². The van der Waals surface area contributed by atoms with Gasteiger partial charge >= 0.3 is 6.09 Å². The maximum atomic E-state index is 10.9. The van der Waals surface area contributed by atoms with E-state index >= 15 is 0 Å². The summed E-state index contributed by atoms with van der Waals surface area (Å²) in [5, 5.41) is 22.2. The third kappa shape index (κ3) is 3.40. The minimum atomic E-state index is -0.875. The van der Waals surface area contributed by atoms with Crippen LogP contribution in [0.1, 0.15) is 12.0 Å². The lowest BCUT2D eigenvalue weighted by Gasteiger charge is -2.23. The quantitative estimate of drug-likeness (QED) is 0.896. The number of carboxylic acid groups (broad SMARTS) is 1. The number of amides is 1. The van der Waals surface area contributed by atoms with Crippen molar-refractivity contribution >= 4 is 11.7 Å². The number of aliphatic hydroxyl groups is 1. The first-order chi connectivity index (χ1) is 11.2. The highest BCUT2D eigenvalue weighted by molar-refractivity contribution is 5.72. The van der Waals surface area contributed by atoms with E-state index in [-0.39, 0.29) is 6.61 Å².